The normalized spacial score (nSPS) is 15.0. The molecule has 3 N–H and O–H groups in total. The molecule has 1 atom stereocenters. The molecule has 0 amide bonds. The molecule has 0 aromatic carbocycles. The minimum absolute atomic E-state index is 0.387. The van der Waals surface area contributed by atoms with Crippen LogP contribution in [0, 0.1) is 5.41 Å². The maximum atomic E-state index is 9.15. The summed E-state index contributed by atoms with van der Waals surface area (Å²) >= 11 is 0. The van der Waals surface area contributed by atoms with Gasteiger partial charge in [0.1, 0.15) is 6.23 Å². The van der Waals surface area contributed by atoms with Crippen molar-refractivity contribution in [3.8, 4) is 0 Å². The van der Waals surface area contributed by atoms with Gasteiger partial charge >= 0.3 is 0 Å². The lowest BCUT2D eigenvalue weighted by molar-refractivity contribution is -0.0597. The van der Waals surface area contributed by atoms with Gasteiger partial charge in [-0.15, -0.1) is 0 Å². The van der Waals surface area contributed by atoms with Crippen molar-refractivity contribution >= 4 is 0 Å². The van der Waals surface area contributed by atoms with Crippen LogP contribution in [0.2, 0.25) is 0 Å². The van der Waals surface area contributed by atoms with Gasteiger partial charge in [0, 0.05) is 14.2 Å². The molecule has 0 aromatic rings. The zero-order valence-corrected chi connectivity index (χ0v) is 7.33. The third kappa shape index (κ3) is 3.16. The van der Waals surface area contributed by atoms with Crippen molar-refractivity contribution in [3.63, 3.8) is 0 Å². The number of hydrogen-bond donors (Lipinski definition) is 2. The zero-order valence-electron chi connectivity index (χ0n) is 7.33. The van der Waals surface area contributed by atoms with E-state index in [1.807, 2.05) is 6.92 Å². The van der Waals surface area contributed by atoms with E-state index < -0.39 is 11.6 Å². The van der Waals surface area contributed by atoms with E-state index in [4.69, 9.17) is 20.3 Å². The summed E-state index contributed by atoms with van der Waals surface area (Å²) in [5.74, 6) is 0. The van der Waals surface area contributed by atoms with Crippen LogP contribution in [0.3, 0.4) is 0 Å². The summed E-state index contributed by atoms with van der Waals surface area (Å²) in [4.78, 5) is 0. The highest BCUT2D eigenvalue weighted by Crippen LogP contribution is 2.18. The molecule has 68 valence electrons. The first-order chi connectivity index (χ1) is 5.06. The number of ether oxygens (including phenoxy) is 2. The fourth-order valence-electron chi connectivity index (χ4n) is 0.872. The summed E-state index contributed by atoms with van der Waals surface area (Å²) in [6.07, 6.45) is -0.914. The monoisotopic (exact) mass is 163 g/mol. The molecule has 4 nitrogen and oxygen atoms in total. The van der Waals surface area contributed by atoms with Crippen molar-refractivity contribution in [3.05, 3.63) is 0 Å². The lowest BCUT2D eigenvalue weighted by Crippen LogP contribution is -2.45. The van der Waals surface area contributed by atoms with Gasteiger partial charge in [0.15, 0.2) is 0 Å². The quantitative estimate of drug-likeness (QED) is 0.539. The second-order valence-electron chi connectivity index (χ2n) is 2.96. The molecular formula is C7H17NO3. The Balaban J connectivity index is 4.01. The molecule has 4 heteroatoms. The predicted octanol–water partition coefficient (Wildman–Crippen LogP) is -0.437. The largest absolute Gasteiger partial charge is 0.384 e. The standard InChI is InChI=1S/C7H17NO3/c1-7(4-10-2,5-11-3)6(8)9/h6,9H,4-5,8H2,1-3H3. The summed E-state index contributed by atoms with van der Waals surface area (Å²) in [5.41, 5.74) is 4.83. The van der Waals surface area contributed by atoms with E-state index in [-0.39, 0.29) is 0 Å². The number of rotatable bonds is 5. The highest BCUT2D eigenvalue weighted by Gasteiger charge is 2.30. The van der Waals surface area contributed by atoms with Gasteiger partial charge in [-0.3, -0.25) is 0 Å². The third-order valence-electron chi connectivity index (χ3n) is 1.66. The van der Waals surface area contributed by atoms with E-state index in [0.717, 1.165) is 0 Å². The van der Waals surface area contributed by atoms with Gasteiger partial charge in [0.25, 0.3) is 0 Å². The van der Waals surface area contributed by atoms with Gasteiger partial charge in [0.05, 0.1) is 18.6 Å². The Bertz CT molecular complexity index is 99.9. The number of aliphatic hydroxyl groups is 1. The lowest BCUT2D eigenvalue weighted by atomic mass is 9.91. The van der Waals surface area contributed by atoms with E-state index >= 15 is 0 Å². The molecule has 0 spiro atoms. The Labute approximate surface area is 67.3 Å². The van der Waals surface area contributed by atoms with Crippen LogP contribution >= 0.6 is 0 Å². The first kappa shape index (κ1) is 10.8. The van der Waals surface area contributed by atoms with Gasteiger partial charge in [-0.05, 0) is 0 Å². The van der Waals surface area contributed by atoms with Crippen LogP contribution in [0.4, 0.5) is 0 Å². The minimum Gasteiger partial charge on any atom is -0.384 e. The second kappa shape index (κ2) is 4.66. The van der Waals surface area contributed by atoms with Crippen LogP contribution < -0.4 is 5.73 Å². The fourth-order valence-corrected chi connectivity index (χ4v) is 0.872. The van der Waals surface area contributed by atoms with E-state index in [1.165, 1.54) is 0 Å². The van der Waals surface area contributed by atoms with Gasteiger partial charge < -0.3 is 20.3 Å². The summed E-state index contributed by atoms with van der Waals surface area (Å²) in [6.45, 7) is 2.58. The van der Waals surface area contributed by atoms with E-state index in [9.17, 15) is 0 Å². The number of nitrogens with two attached hydrogens (primary N) is 1. The van der Waals surface area contributed by atoms with Crippen molar-refractivity contribution in [1.82, 2.24) is 0 Å². The second-order valence-corrected chi connectivity index (χ2v) is 2.96. The molecule has 0 aliphatic heterocycles. The SMILES string of the molecule is COCC(C)(COC)C(N)O. The third-order valence-corrected chi connectivity index (χ3v) is 1.66. The highest BCUT2D eigenvalue weighted by molar-refractivity contribution is 4.77. The Morgan fingerprint density at radius 3 is 1.91 bits per heavy atom. The molecule has 0 heterocycles. The molecule has 1 unspecified atom stereocenters. The van der Waals surface area contributed by atoms with Crippen molar-refractivity contribution in [2.45, 2.75) is 13.2 Å². The molecular weight excluding hydrogens is 146 g/mol. The number of aliphatic hydroxyl groups excluding tert-OH is 1. The van der Waals surface area contributed by atoms with Crippen molar-refractivity contribution in [2.24, 2.45) is 11.1 Å². The summed E-state index contributed by atoms with van der Waals surface area (Å²) in [7, 11) is 3.13. The fraction of sp³-hybridized carbons (Fsp3) is 1.00. The predicted molar refractivity (Wildman–Crippen MR) is 42.1 cm³/mol. The van der Waals surface area contributed by atoms with Gasteiger partial charge in [-0.1, -0.05) is 6.92 Å². The molecule has 0 radical (unpaired) electrons. The average Bonchev–Trinajstić information content (AvgIpc) is 1.88. The average molecular weight is 163 g/mol. The van der Waals surface area contributed by atoms with E-state index in [1.54, 1.807) is 14.2 Å². The van der Waals surface area contributed by atoms with Crippen LogP contribution in [0.1, 0.15) is 6.92 Å². The van der Waals surface area contributed by atoms with E-state index in [0.29, 0.717) is 13.2 Å². The Morgan fingerprint density at radius 2 is 1.73 bits per heavy atom. The topological polar surface area (TPSA) is 64.7 Å². The van der Waals surface area contributed by atoms with Crippen molar-refractivity contribution < 1.29 is 14.6 Å². The first-order valence-corrected chi connectivity index (χ1v) is 3.48. The maximum Gasteiger partial charge on any atom is 0.112 e. The molecule has 0 aromatic heterocycles. The number of methoxy groups -OCH3 is 2. The molecule has 11 heavy (non-hydrogen) atoms. The first-order valence-electron chi connectivity index (χ1n) is 3.48. The van der Waals surface area contributed by atoms with Crippen molar-refractivity contribution in [2.75, 3.05) is 27.4 Å². The van der Waals surface area contributed by atoms with Gasteiger partial charge in [0.2, 0.25) is 0 Å². The molecule has 0 saturated carbocycles. The smallest absolute Gasteiger partial charge is 0.112 e. The van der Waals surface area contributed by atoms with E-state index in [2.05, 4.69) is 0 Å². The summed E-state index contributed by atoms with van der Waals surface area (Å²) in [5, 5.41) is 9.15. The molecule has 0 rings (SSSR count). The Morgan fingerprint density at radius 1 is 1.36 bits per heavy atom. The van der Waals surface area contributed by atoms with Crippen molar-refractivity contribution in [1.29, 1.82) is 0 Å². The van der Waals surface area contributed by atoms with Crippen LogP contribution in [-0.2, 0) is 9.47 Å². The summed E-state index contributed by atoms with van der Waals surface area (Å²) in [6, 6.07) is 0. The number of hydrogen-bond acceptors (Lipinski definition) is 4. The minimum atomic E-state index is -0.914. The Hall–Kier alpha value is -0.160. The highest BCUT2D eigenvalue weighted by atomic mass is 16.5. The molecule has 0 bridgehead atoms. The summed E-state index contributed by atoms with van der Waals surface area (Å²) < 4.78 is 9.80. The van der Waals surface area contributed by atoms with Crippen LogP contribution in [0.25, 0.3) is 0 Å². The van der Waals surface area contributed by atoms with Crippen LogP contribution in [0.5, 0.6) is 0 Å². The molecule has 0 fully saturated rings. The van der Waals surface area contributed by atoms with Gasteiger partial charge in [-0.2, -0.15) is 0 Å². The lowest BCUT2D eigenvalue weighted by Gasteiger charge is -2.30. The molecule has 0 aliphatic carbocycles. The van der Waals surface area contributed by atoms with Gasteiger partial charge in [-0.25, -0.2) is 0 Å². The van der Waals surface area contributed by atoms with Crippen LogP contribution in [0.15, 0.2) is 0 Å². The zero-order chi connectivity index (χ0) is 8.91. The molecule has 0 aliphatic rings. The van der Waals surface area contributed by atoms with Crippen LogP contribution in [-0.4, -0.2) is 38.8 Å². The maximum absolute atomic E-state index is 9.15. The molecule has 0 saturated heterocycles. The Kier molecular flexibility index (Phi) is 4.60.